The molecular weight excluding hydrogens is 275 g/mol. The summed E-state index contributed by atoms with van der Waals surface area (Å²) in [7, 11) is 0. The summed E-state index contributed by atoms with van der Waals surface area (Å²) in [6, 6.07) is 6.85. The first-order chi connectivity index (χ1) is 9.36. The minimum Gasteiger partial charge on any atom is -0.478 e. The second-order valence-corrected chi connectivity index (χ2v) is 3.81. The van der Waals surface area contributed by atoms with Crippen molar-refractivity contribution < 1.29 is 27.8 Å². The number of aromatic nitrogens is 1. The molecule has 0 aliphatic carbocycles. The van der Waals surface area contributed by atoms with Gasteiger partial charge in [0.2, 0.25) is 5.88 Å². The van der Waals surface area contributed by atoms with E-state index >= 15 is 0 Å². The fourth-order valence-electron chi connectivity index (χ4n) is 1.43. The summed E-state index contributed by atoms with van der Waals surface area (Å²) >= 11 is 0. The number of benzene rings is 1. The van der Waals surface area contributed by atoms with Crippen molar-refractivity contribution in [3.63, 3.8) is 0 Å². The Morgan fingerprint density at radius 2 is 1.80 bits per heavy atom. The molecule has 1 aromatic heterocycles. The molecular formula is C13H8F3NO3. The predicted molar refractivity (Wildman–Crippen MR) is 62.7 cm³/mol. The SMILES string of the molecule is O=C(O)c1ccc(Oc2cc(C(F)(F)F)ccn2)cc1. The molecule has 0 spiro atoms. The van der Waals surface area contributed by atoms with Gasteiger partial charge in [0.1, 0.15) is 5.75 Å². The molecule has 0 aliphatic heterocycles. The smallest absolute Gasteiger partial charge is 0.416 e. The minimum absolute atomic E-state index is 0.0503. The van der Waals surface area contributed by atoms with Gasteiger partial charge in [0.25, 0.3) is 0 Å². The van der Waals surface area contributed by atoms with Crippen molar-refractivity contribution in [2.75, 3.05) is 0 Å². The van der Waals surface area contributed by atoms with Gasteiger partial charge in [0, 0.05) is 12.3 Å². The van der Waals surface area contributed by atoms with Gasteiger partial charge in [-0.15, -0.1) is 0 Å². The molecule has 4 nitrogen and oxygen atoms in total. The van der Waals surface area contributed by atoms with Crippen molar-refractivity contribution in [1.82, 2.24) is 4.98 Å². The van der Waals surface area contributed by atoms with Crippen LogP contribution in [0.1, 0.15) is 15.9 Å². The highest BCUT2D eigenvalue weighted by molar-refractivity contribution is 5.87. The predicted octanol–water partition coefficient (Wildman–Crippen LogP) is 3.59. The normalized spacial score (nSPS) is 11.2. The molecule has 1 heterocycles. The van der Waals surface area contributed by atoms with Gasteiger partial charge in [-0.3, -0.25) is 0 Å². The third-order valence-corrected chi connectivity index (χ3v) is 2.39. The molecule has 20 heavy (non-hydrogen) atoms. The number of halogens is 3. The second kappa shape index (κ2) is 5.20. The first-order valence-corrected chi connectivity index (χ1v) is 5.41. The summed E-state index contributed by atoms with van der Waals surface area (Å²) in [4.78, 5) is 14.3. The molecule has 0 fully saturated rings. The van der Waals surface area contributed by atoms with Crippen LogP contribution >= 0.6 is 0 Å². The van der Waals surface area contributed by atoms with Crippen LogP contribution in [0.3, 0.4) is 0 Å². The number of carboxylic acid groups (broad SMARTS) is 1. The van der Waals surface area contributed by atoms with E-state index in [1.807, 2.05) is 0 Å². The van der Waals surface area contributed by atoms with Crippen molar-refractivity contribution in [3.05, 3.63) is 53.7 Å². The maximum absolute atomic E-state index is 12.5. The first-order valence-electron chi connectivity index (χ1n) is 5.41. The lowest BCUT2D eigenvalue weighted by molar-refractivity contribution is -0.137. The highest BCUT2D eigenvalue weighted by Gasteiger charge is 2.31. The maximum atomic E-state index is 12.5. The molecule has 104 valence electrons. The molecule has 0 aliphatic rings. The van der Waals surface area contributed by atoms with Crippen LogP contribution in [-0.2, 0) is 6.18 Å². The fourth-order valence-corrected chi connectivity index (χ4v) is 1.43. The van der Waals surface area contributed by atoms with Crippen LogP contribution in [0.5, 0.6) is 11.6 Å². The second-order valence-electron chi connectivity index (χ2n) is 3.81. The van der Waals surface area contributed by atoms with Crippen LogP contribution in [0, 0.1) is 0 Å². The van der Waals surface area contributed by atoms with E-state index in [0.717, 1.165) is 18.3 Å². The zero-order chi connectivity index (χ0) is 14.8. The first kappa shape index (κ1) is 13.9. The van der Waals surface area contributed by atoms with Gasteiger partial charge in [-0.25, -0.2) is 9.78 Å². The largest absolute Gasteiger partial charge is 0.478 e. The van der Waals surface area contributed by atoms with E-state index in [4.69, 9.17) is 9.84 Å². The molecule has 0 unspecified atom stereocenters. The zero-order valence-corrected chi connectivity index (χ0v) is 9.89. The van der Waals surface area contributed by atoms with E-state index in [2.05, 4.69) is 4.98 Å². The number of alkyl halides is 3. The van der Waals surface area contributed by atoms with Gasteiger partial charge in [-0.05, 0) is 30.3 Å². The van der Waals surface area contributed by atoms with Crippen LogP contribution in [-0.4, -0.2) is 16.1 Å². The van der Waals surface area contributed by atoms with Gasteiger partial charge < -0.3 is 9.84 Å². The fraction of sp³-hybridized carbons (Fsp3) is 0.0769. The number of hydrogen-bond donors (Lipinski definition) is 1. The van der Waals surface area contributed by atoms with Crippen LogP contribution in [0.25, 0.3) is 0 Å². The zero-order valence-electron chi connectivity index (χ0n) is 9.89. The van der Waals surface area contributed by atoms with Gasteiger partial charge in [-0.1, -0.05) is 0 Å². The summed E-state index contributed by atoms with van der Waals surface area (Å²) in [6.07, 6.45) is -3.49. The molecule has 7 heteroatoms. The van der Waals surface area contributed by atoms with E-state index < -0.39 is 17.7 Å². The quantitative estimate of drug-likeness (QED) is 0.935. The van der Waals surface area contributed by atoms with Crippen molar-refractivity contribution in [1.29, 1.82) is 0 Å². The lowest BCUT2D eigenvalue weighted by Crippen LogP contribution is -2.05. The standard InChI is InChI=1S/C13H8F3NO3/c14-13(15,16)9-5-6-17-11(7-9)20-10-3-1-8(2-4-10)12(18)19/h1-7H,(H,18,19). The Hall–Kier alpha value is -2.57. The Kier molecular flexibility index (Phi) is 3.60. The summed E-state index contributed by atoms with van der Waals surface area (Å²) in [5.41, 5.74) is -0.820. The number of nitrogens with zero attached hydrogens (tertiary/aromatic N) is 1. The van der Waals surface area contributed by atoms with Gasteiger partial charge in [-0.2, -0.15) is 13.2 Å². The van der Waals surface area contributed by atoms with Crippen molar-refractivity contribution >= 4 is 5.97 Å². The minimum atomic E-state index is -4.48. The van der Waals surface area contributed by atoms with Crippen LogP contribution in [0.15, 0.2) is 42.6 Å². The van der Waals surface area contributed by atoms with E-state index in [-0.39, 0.29) is 17.2 Å². The summed E-state index contributed by atoms with van der Waals surface area (Å²) in [6.45, 7) is 0. The molecule has 2 rings (SSSR count). The van der Waals surface area contributed by atoms with Crippen molar-refractivity contribution in [3.8, 4) is 11.6 Å². The molecule has 0 saturated heterocycles. The Bertz CT molecular complexity index is 624. The van der Waals surface area contributed by atoms with Gasteiger partial charge in [0.15, 0.2) is 0 Å². The number of rotatable bonds is 3. The number of carboxylic acids is 1. The molecule has 0 bridgehead atoms. The molecule has 0 radical (unpaired) electrons. The average Bonchev–Trinajstić information content (AvgIpc) is 2.38. The maximum Gasteiger partial charge on any atom is 0.416 e. The van der Waals surface area contributed by atoms with E-state index in [1.54, 1.807) is 0 Å². The number of hydrogen-bond acceptors (Lipinski definition) is 3. The van der Waals surface area contributed by atoms with E-state index in [1.165, 1.54) is 24.3 Å². The Balaban J connectivity index is 2.20. The average molecular weight is 283 g/mol. The third-order valence-electron chi connectivity index (χ3n) is 2.39. The number of carbonyl (C=O) groups is 1. The molecule has 0 atom stereocenters. The molecule has 2 aromatic rings. The molecule has 0 amide bonds. The lowest BCUT2D eigenvalue weighted by atomic mass is 10.2. The van der Waals surface area contributed by atoms with E-state index in [0.29, 0.717) is 0 Å². The van der Waals surface area contributed by atoms with Crippen molar-refractivity contribution in [2.24, 2.45) is 0 Å². The Morgan fingerprint density at radius 3 is 2.35 bits per heavy atom. The highest BCUT2D eigenvalue weighted by Crippen LogP contribution is 2.31. The van der Waals surface area contributed by atoms with E-state index in [9.17, 15) is 18.0 Å². The molecule has 1 N–H and O–H groups in total. The third kappa shape index (κ3) is 3.25. The van der Waals surface area contributed by atoms with Crippen LogP contribution in [0.4, 0.5) is 13.2 Å². The van der Waals surface area contributed by atoms with Crippen LogP contribution < -0.4 is 4.74 Å². The Morgan fingerprint density at radius 1 is 1.15 bits per heavy atom. The van der Waals surface area contributed by atoms with Gasteiger partial charge in [0.05, 0.1) is 11.1 Å². The summed E-state index contributed by atoms with van der Waals surface area (Å²) in [5, 5.41) is 8.71. The summed E-state index contributed by atoms with van der Waals surface area (Å²) in [5.74, 6) is -1.13. The topological polar surface area (TPSA) is 59.4 Å². The van der Waals surface area contributed by atoms with Crippen molar-refractivity contribution in [2.45, 2.75) is 6.18 Å². The summed E-state index contributed by atoms with van der Waals surface area (Å²) < 4.78 is 42.6. The highest BCUT2D eigenvalue weighted by atomic mass is 19.4. The molecule has 1 aromatic carbocycles. The van der Waals surface area contributed by atoms with Crippen LogP contribution in [0.2, 0.25) is 0 Å². The van der Waals surface area contributed by atoms with Gasteiger partial charge >= 0.3 is 12.1 Å². The monoisotopic (exact) mass is 283 g/mol. The number of pyridine rings is 1. The molecule has 0 saturated carbocycles. The number of ether oxygens (including phenoxy) is 1. The number of aromatic carboxylic acids is 1. The lowest BCUT2D eigenvalue weighted by Gasteiger charge is -2.09. The Labute approximate surface area is 111 Å².